The number of nitrogens with one attached hydrogen (secondary N) is 1. The molecule has 0 saturated carbocycles. The van der Waals surface area contributed by atoms with Gasteiger partial charge in [0.1, 0.15) is 0 Å². The molecule has 3 N–H and O–H groups in total. The van der Waals surface area contributed by atoms with Crippen LogP contribution < -0.4 is 11.1 Å². The Morgan fingerprint density at radius 1 is 1.64 bits per heavy atom. The van der Waals surface area contributed by atoms with Gasteiger partial charge in [0, 0.05) is 12.6 Å². The number of nitrogens with two attached hydrogens (primary N) is 1. The fourth-order valence-electron chi connectivity index (χ4n) is 0.667. The number of carbonyl (C=O) groups excluding carboxylic acids is 1. The van der Waals surface area contributed by atoms with Gasteiger partial charge in [-0.15, -0.1) is 0 Å². The van der Waals surface area contributed by atoms with Crippen LogP contribution in [0.15, 0.2) is 0 Å². The summed E-state index contributed by atoms with van der Waals surface area (Å²) in [5.41, 5.74) is 5.32. The molecule has 0 unspecified atom stereocenters. The van der Waals surface area contributed by atoms with Gasteiger partial charge in [-0.05, 0) is 21.0 Å². The van der Waals surface area contributed by atoms with Gasteiger partial charge in [-0.2, -0.15) is 0 Å². The van der Waals surface area contributed by atoms with E-state index in [4.69, 9.17) is 5.73 Å². The lowest BCUT2D eigenvalue weighted by Crippen LogP contribution is -2.42. The molecule has 0 bridgehead atoms. The molecule has 4 heteroatoms. The lowest BCUT2D eigenvalue weighted by Gasteiger charge is -2.13. The van der Waals surface area contributed by atoms with Gasteiger partial charge in [0.2, 0.25) is 5.91 Å². The first-order chi connectivity index (χ1) is 5.06. The summed E-state index contributed by atoms with van der Waals surface area (Å²) in [5, 5.41) is 2.76. The minimum atomic E-state index is 0.0213. The summed E-state index contributed by atoms with van der Waals surface area (Å²) < 4.78 is 0. The molecule has 0 fully saturated rings. The van der Waals surface area contributed by atoms with E-state index in [1.165, 1.54) is 0 Å². The molecule has 11 heavy (non-hydrogen) atoms. The molecule has 0 saturated heterocycles. The molecule has 0 aromatic carbocycles. The Labute approximate surface area is 67.7 Å². The van der Waals surface area contributed by atoms with Gasteiger partial charge >= 0.3 is 0 Å². The van der Waals surface area contributed by atoms with Crippen LogP contribution in [0.3, 0.4) is 0 Å². The molecule has 0 aliphatic heterocycles. The molecule has 0 aliphatic carbocycles. The zero-order valence-electron chi connectivity index (χ0n) is 7.42. The van der Waals surface area contributed by atoms with Gasteiger partial charge in [-0.25, -0.2) is 0 Å². The van der Waals surface area contributed by atoms with Crippen molar-refractivity contribution in [1.82, 2.24) is 10.2 Å². The Kier molecular flexibility index (Phi) is 4.81. The number of hydrogen-bond acceptors (Lipinski definition) is 3. The third kappa shape index (κ3) is 5.82. The number of carbonyl (C=O) groups is 1. The van der Waals surface area contributed by atoms with Crippen molar-refractivity contribution in [3.05, 3.63) is 0 Å². The molecule has 0 heterocycles. The van der Waals surface area contributed by atoms with E-state index in [1.807, 2.05) is 25.9 Å². The van der Waals surface area contributed by atoms with Gasteiger partial charge in [-0.1, -0.05) is 0 Å². The van der Waals surface area contributed by atoms with Gasteiger partial charge in [0.25, 0.3) is 0 Å². The second-order valence-corrected chi connectivity index (χ2v) is 2.94. The van der Waals surface area contributed by atoms with E-state index in [0.717, 1.165) is 0 Å². The predicted octanol–water partition coefficient (Wildman–Crippen LogP) is -0.989. The van der Waals surface area contributed by atoms with Crippen LogP contribution in [0.2, 0.25) is 0 Å². The summed E-state index contributed by atoms with van der Waals surface area (Å²) in [6.45, 7) is 2.79. The number of rotatable bonds is 4. The smallest absolute Gasteiger partial charge is 0.234 e. The van der Waals surface area contributed by atoms with Crippen molar-refractivity contribution in [1.29, 1.82) is 0 Å². The molecule has 0 spiro atoms. The Morgan fingerprint density at radius 2 is 2.18 bits per heavy atom. The van der Waals surface area contributed by atoms with Crippen molar-refractivity contribution in [2.45, 2.75) is 13.0 Å². The second kappa shape index (κ2) is 5.09. The fourth-order valence-corrected chi connectivity index (χ4v) is 0.667. The zero-order valence-corrected chi connectivity index (χ0v) is 7.42. The lowest BCUT2D eigenvalue weighted by molar-refractivity contribution is -0.122. The van der Waals surface area contributed by atoms with Crippen LogP contribution in [0, 0.1) is 0 Å². The lowest BCUT2D eigenvalue weighted by atomic mass is 10.3. The molecule has 0 rings (SSSR count). The van der Waals surface area contributed by atoms with Crippen LogP contribution in [0.5, 0.6) is 0 Å². The fraction of sp³-hybridized carbons (Fsp3) is 0.857. The van der Waals surface area contributed by atoms with E-state index < -0.39 is 0 Å². The molecule has 0 aromatic heterocycles. The van der Waals surface area contributed by atoms with Crippen molar-refractivity contribution in [2.75, 3.05) is 27.2 Å². The Hall–Kier alpha value is -0.610. The van der Waals surface area contributed by atoms with E-state index in [2.05, 4.69) is 5.32 Å². The first-order valence-electron chi connectivity index (χ1n) is 3.70. The highest BCUT2D eigenvalue weighted by Gasteiger charge is 2.05. The van der Waals surface area contributed by atoms with Crippen molar-refractivity contribution in [2.24, 2.45) is 5.73 Å². The van der Waals surface area contributed by atoms with Crippen LogP contribution in [-0.4, -0.2) is 44.0 Å². The maximum absolute atomic E-state index is 11.0. The highest BCUT2D eigenvalue weighted by Crippen LogP contribution is 1.79. The van der Waals surface area contributed by atoms with E-state index in [1.54, 1.807) is 0 Å². The number of hydrogen-bond donors (Lipinski definition) is 2. The summed E-state index contributed by atoms with van der Waals surface area (Å²) in [7, 11) is 3.71. The van der Waals surface area contributed by atoms with E-state index in [-0.39, 0.29) is 11.9 Å². The summed E-state index contributed by atoms with van der Waals surface area (Å²) in [6.07, 6.45) is 0. The zero-order chi connectivity index (χ0) is 8.85. The molecule has 1 amide bonds. The molecule has 0 aliphatic rings. The predicted molar refractivity (Wildman–Crippen MR) is 45.2 cm³/mol. The molecule has 4 nitrogen and oxygen atoms in total. The first-order valence-corrected chi connectivity index (χ1v) is 3.70. The monoisotopic (exact) mass is 159 g/mol. The minimum Gasteiger partial charge on any atom is -0.351 e. The third-order valence-corrected chi connectivity index (χ3v) is 1.22. The normalized spacial score (nSPS) is 13.2. The minimum absolute atomic E-state index is 0.0213. The molecule has 1 atom stereocenters. The van der Waals surface area contributed by atoms with E-state index in [9.17, 15) is 4.79 Å². The molecule has 0 aromatic rings. The van der Waals surface area contributed by atoms with Crippen molar-refractivity contribution < 1.29 is 4.79 Å². The second-order valence-electron chi connectivity index (χ2n) is 2.94. The maximum Gasteiger partial charge on any atom is 0.234 e. The highest BCUT2D eigenvalue weighted by molar-refractivity contribution is 5.78. The standard InChI is InChI=1S/C7H17N3O/c1-6(4-8)9-7(11)5-10(2)3/h6H,4-5,8H2,1-3H3,(H,9,11)/t6-/m1/s1. The average Bonchev–Trinajstić information content (AvgIpc) is 1.85. The number of nitrogens with zero attached hydrogens (tertiary/aromatic N) is 1. The summed E-state index contributed by atoms with van der Waals surface area (Å²) in [5.74, 6) is 0.0213. The van der Waals surface area contributed by atoms with Crippen molar-refractivity contribution in [3.63, 3.8) is 0 Å². The SMILES string of the molecule is C[C@H](CN)NC(=O)CN(C)C. The quantitative estimate of drug-likeness (QED) is 0.554. The number of amides is 1. The third-order valence-electron chi connectivity index (χ3n) is 1.22. The van der Waals surface area contributed by atoms with Gasteiger partial charge < -0.3 is 16.0 Å². The summed E-state index contributed by atoms with van der Waals surface area (Å²) >= 11 is 0. The molecular weight excluding hydrogens is 142 g/mol. The van der Waals surface area contributed by atoms with Crippen LogP contribution in [-0.2, 0) is 4.79 Å². The van der Waals surface area contributed by atoms with Crippen LogP contribution in [0.4, 0.5) is 0 Å². The highest BCUT2D eigenvalue weighted by atomic mass is 16.2. The largest absolute Gasteiger partial charge is 0.351 e. The molecule has 0 radical (unpaired) electrons. The summed E-state index contributed by atoms with van der Waals surface area (Å²) in [6, 6.07) is 0.0717. The van der Waals surface area contributed by atoms with Crippen molar-refractivity contribution in [3.8, 4) is 0 Å². The van der Waals surface area contributed by atoms with E-state index >= 15 is 0 Å². The van der Waals surface area contributed by atoms with Crippen LogP contribution in [0.1, 0.15) is 6.92 Å². The van der Waals surface area contributed by atoms with Crippen molar-refractivity contribution >= 4 is 5.91 Å². The Morgan fingerprint density at radius 3 is 2.55 bits per heavy atom. The van der Waals surface area contributed by atoms with Gasteiger partial charge in [0.05, 0.1) is 6.54 Å². The maximum atomic E-state index is 11.0. The van der Waals surface area contributed by atoms with E-state index in [0.29, 0.717) is 13.1 Å². The van der Waals surface area contributed by atoms with Crippen LogP contribution >= 0.6 is 0 Å². The average molecular weight is 159 g/mol. The first kappa shape index (κ1) is 10.4. The van der Waals surface area contributed by atoms with Gasteiger partial charge in [-0.3, -0.25) is 4.79 Å². The Balaban J connectivity index is 3.52. The molecular formula is C7H17N3O. The Bertz CT molecular complexity index is 125. The number of likely N-dealkylation sites (N-methyl/N-ethyl adjacent to an activating group) is 1. The summed E-state index contributed by atoms with van der Waals surface area (Å²) in [4.78, 5) is 12.8. The van der Waals surface area contributed by atoms with Crippen LogP contribution in [0.25, 0.3) is 0 Å². The van der Waals surface area contributed by atoms with Gasteiger partial charge in [0.15, 0.2) is 0 Å². The molecule has 66 valence electrons. The topological polar surface area (TPSA) is 58.4 Å².